The number of halogens is 2. The van der Waals surface area contributed by atoms with Gasteiger partial charge in [0.15, 0.2) is 5.78 Å². The van der Waals surface area contributed by atoms with Crippen molar-refractivity contribution in [2.24, 2.45) is 0 Å². The fraction of sp³-hybridized carbons (Fsp3) is 0.400. The maximum absolute atomic E-state index is 13.7. The number of carbonyl (C=O) groups excluding carboxylic acids is 1. The number of furan rings is 1. The van der Waals surface area contributed by atoms with Crippen molar-refractivity contribution >= 4 is 61.9 Å². The van der Waals surface area contributed by atoms with Crippen LogP contribution in [-0.4, -0.2) is 36.9 Å². The van der Waals surface area contributed by atoms with Crippen LogP contribution in [0.25, 0.3) is 11.0 Å². The summed E-state index contributed by atoms with van der Waals surface area (Å²) < 4.78 is 51.9. The van der Waals surface area contributed by atoms with Crippen LogP contribution in [0.5, 0.6) is 5.75 Å². The molecule has 0 amide bonds. The van der Waals surface area contributed by atoms with Crippen LogP contribution < -0.4 is 4.74 Å². The Balaban J connectivity index is 1.83. The molecule has 2 aromatic carbocycles. The second-order valence-corrected chi connectivity index (χ2v) is 9.46. The smallest absolute Gasteiger partial charge is 0.197 e. The molecule has 4 nitrogen and oxygen atoms in total. The molecule has 3 aromatic rings. The van der Waals surface area contributed by atoms with Crippen molar-refractivity contribution in [2.75, 3.05) is 26.2 Å². The Hall–Kier alpha value is -1.13. The van der Waals surface area contributed by atoms with Gasteiger partial charge in [0.25, 0.3) is 0 Å². The molecule has 0 aliphatic carbocycles. The number of unbranched alkanes of at least 4 members (excludes halogenated alkanes) is 1. The summed E-state index contributed by atoms with van der Waals surface area (Å²) >= 11 is 4.25. The topological polar surface area (TPSA) is 42.7 Å². The molecular weight excluding hydrogens is 616 g/mol. The second-order valence-electron chi connectivity index (χ2n) is 7.14. The monoisotopic (exact) mass is 650 g/mol. The summed E-state index contributed by atoms with van der Waals surface area (Å²) in [5.41, 5.74) is 1.84. The van der Waals surface area contributed by atoms with E-state index in [9.17, 15) is 4.79 Å². The van der Waals surface area contributed by atoms with E-state index in [0.29, 0.717) is 34.6 Å². The number of aryl methyl sites for hydroxylation is 1. The number of hydrogen-bond donors (Lipinski definition) is 0. The van der Waals surface area contributed by atoms with Crippen LogP contribution in [0.2, 0.25) is 0 Å². The third kappa shape index (κ3) is 5.82. The first kappa shape index (κ1) is 18.3. The van der Waals surface area contributed by atoms with E-state index in [-0.39, 0.29) is 25.5 Å². The highest BCUT2D eigenvalue weighted by Crippen LogP contribution is 2.33. The molecule has 0 saturated carbocycles. The number of fused-ring (bicyclic) bond motifs is 1. The van der Waals surface area contributed by atoms with Crippen molar-refractivity contribution in [1.82, 2.24) is 4.90 Å². The maximum Gasteiger partial charge on any atom is 0.197 e. The number of rotatable bonds is 11. The van der Waals surface area contributed by atoms with Crippen LogP contribution in [0.15, 0.2) is 40.8 Å². The van der Waals surface area contributed by atoms with Crippen LogP contribution in [0.3, 0.4) is 0 Å². The molecule has 1 heterocycles. The summed E-state index contributed by atoms with van der Waals surface area (Å²) in [4.78, 5) is 14.9. The standard InChI is InChI=1S/C25H29I2NO3/c1-4-7-11-22-23(18-10-8-9-12-21(18)31-22)24(29)17-15-19(26)25(20(27)16-17)30-14-13-28(5-2)6-3/h8-10,12,15-16H,4-7,11,13-14H2,1-3H3/i2D3,5D2. The van der Waals surface area contributed by atoms with Crippen molar-refractivity contribution in [1.29, 1.82) is 0 Å². The third-order valence-electron chi connectivity index (χ3n) is 5.06. The average molecular weight is 650 g/mol. The van der Waals surface area contributed by atoms with E-state index in [1.807, 2.05) is 24.3 Å². The number of nitrogens with zero attached hydrogens (tertiary/aromatic N) is 1. The summed E-state index contributed by atoms with van der Waals surface area (Å²) in [6.45, 7) is -0.954. The summed E-state index contributed by atoms with van der Waals surface area (Å²) in [6.07, 6.45) is 2.62. The SMILES string of the molecule is [2H]C([2H])([2H])C([2H])([2H])N(CC)CCOc1c(I)cc(C(=O)c2c(CCCC)oc3ccccc23)cc1I. The Morgan fingerprint density at radius 2 is 1.97 bits per heavy atom. The molecule has 0 unspecified atom stereocenters. The van der Waals surface area contributed by atoms with Gasteiger partial charge in [0, 0.05) is 30.8 Å². The van der Waals surface area contributed by atoms with Crippen LogP contribution in [0.1, 0.15) is 62.1 Å². The first-order valence-corrected chi connectivity index (χ1v) is 12.5. The fourth-order valence-corrected chi connectivity index (χ4v) is 5.46. The van der Waals surface area contributed by atoms with Gasteiger partial charge in [-0.3, -0.25) is 4.79 Å². The number of benzene rings is 2. The Morgan fingerprint density at radius 1 is 1.23 bits per heavy atom. The Labute approximate surface area is 219 Å². The molecule has 3 rings (SSSR count). The van der Waals surface area contributed by atoms with Crippen molar-refractivity contribution < 1.29 is 20.8 Å². The van der Waals surface area contributed by atoms with Crippen molar-refractivity contribution in [3.63, 3.8) is 0 Å². The predicted octanol–water partition coefficient (Wildman–Crippen LogP) is 6.94. The van der Waals surface area contributed by atoms with E-state index in [1.54, 1.807) is 19.1 Å². The number of carbonyl (C=O) groups is 1. The molecule has 0 spiro atoms. The molecule has 0 aliphatic rings. The van der Waals surface area contributed by atoms with E-state index < -0.39 is 13.3 Å². The van der Waals surface area contributed by atoms with Gasteiger partial charge in [0.2, 0.25) is 0 Å². The summed E-state index contributed by atoms with van der Waals surface area (Å²) in [5, 5.41) is 0.808. The van der Waals surface area contributed by atoms with Crippen LogP contribution in [0.4, 0.5) is 0 Å². The van der Waals surface area contributed by atoms with Crippen molar-refractivity contribution in [3.8, 4) is 5.75 Å². The van der Waals surface area contributed by atoms with Gasteiger partial charge in [0.1, 0.15) is 23.7 Å². The third-order valence-corrected chi connectivity index (χ3v) is 6.66. The molecule has 0 aliphatic heterocycles. The molecule has 0 fully saturated rings. The maximum atomic E-state index is 13.7. The zero-order chi connectivity index (χ0) is 26.7. The largest absolute Gasteiger partial charge is 0.490 e. The zero-order valence-corrected chi connectivity index (χ0v) is 21.9. The van der Waals surface area contributed by atoms with E-state index in [2.05, 4.69) is 52.1 Å². The van der Waals surface area contributed by atoms with Gasteiger partial charge in [-0.25, -0.2) is 0 Å². The van der Waals surface area contributed by atoms with Gasteiger partial charge in [-0.2, -0.15) is 0 Å². The lowest BCUT2D eigenvalue weighted by Crippen LogP contribution is -2.28. The minimum atomic E-state index is -2.76. The molecule has 166 valence electrons. The first-order valence-electron chi connectivity index (χ1n) is 12.8. The normalized spacial score (nSPS) is 14.7. The number of ether oxygens (including phenoxy) is 1. The van der Waals surface area contributed by atoms with Crippen LogP contribution >= 0.6 is 45.2 Å². The predicted molar refractivity (Wildman–Crippen MR) is 143 cm³/mol. The van der Waals surface area contributed by atoms with E-state index in [1.165, 1.54) is 4.90 Å². The fourth-order valence-electron chi connectivity index (χ4n) is 3.38. The molecule has 0 bridgehead atoms. The van der Waals surface area contributed by atoms with E-state index in [4.69, 9.17) is 16.0 Å². The van der Waals surface area contributed by atoms with Crippen LogP contribution in [0, 0.1) is 7.14 Å². The lowest BCUT2D eigenvalue weighted by atomic mass is 9.98. The number of likely N-dealkylation sites (N-methyl/N-ethyl adjacent to an activating group) is 1. The molecule has 0 radical (unpaired) electrons. The minimum absolute atomic E-state index is 0.100. The van der Waals surface area contributed by atoms with Crippen molar-refractivity contribution in [2.45, 2.75) is 40.0 Å². The molecular formula is C25H29I2NO3. The molecule has 6 heteroatoms. The quantitative estimate of drug-likeness (QED) is 0.167. The Kier molecular flexibility index (Phi) is 6.88. The molecule has 0 N–H and O–H groups in total. The van der Waals surface area contributed by atoms with Gasteiger partial charge in [-0.05, 0) is 82.8 Å². The first-order chi connectivity index (χ1) is 16.9. The van der Waals surface area contributed by atoms with Gasteiger partial charge in [-0.15, -0.1) is 0 Å². The Bertz CT molecular complexity index is 1200. The van der Waals surface area contributed by atoms with Gasteiger partial charge in [-0.1, -0.05) is 45.3 Å². The second kappa shape index (κ2) is 11.7. The van der Waals surface area contributed by atoms with Crippen molar-refractivity contribution in [3.05, 3.63) is 60.4 Å². The number of para-hydroxylation sites is 1. The van der Waals surface area contributed by atoms with Gasteiger partial charge in [0.05, 0.1) is 12.7 Å². The highest BCUT2D eigenvalue weighted by atomic mass is 127. The minimum Gasteiger partial charge on any atom is -0.490 e. The molecule has 31 heavy (non-hydrogen) atoms. The molecule has 0 saturated heterocycles. The van der Waals surface area contributed by atoms with Crippen LogP contribution in [-0.2, 0) is 6.42 Å². The molecule has 0 atom stereocenters. The lowest BCUT2D eigenvalue weighted by molar-refractivity contribution is 0.103. The van der Waals surface area contributed by atoms with Gasteiger partial charge < -0.3 is 14.1 Å². The van der Waals surface area contributed by atoms with Gasteiger partial charge >= 0.3 is 0 Å². The van der Waals surface area contributed by atoms with E-state index in [0.717, 1.165) is 25.4 Å². The highest BCUT2D eigenvalue weighted by Gasteiger charge is 2.23. The Morgan fingerprint density at radius 3 is 2.65 bits per heavy atom. The number of hydrogen-bond acceptors (Lipinski definition) is 4. The van der Waals surface area contributed by atoms with E-state index >= 15 is 0 Å². The lowest BCUT2D eigenvalue weighted by Gasteiger charge is -2.19. The highest BCUT2D eigenvalue weighted by molar-refractivity contribution is 14.1. The average Bonchev–Trinajstić information content (AvgIpc) is 3.18. The summed E-state index contributed by atoms with van der Waals surface area (Å²) in [5.74, 6) is 1.19. The summed E-state index contributed by atoms with van der Waals surface area (Å²) in [7, 11) is 0. The summed E-state index contributed by atoms with van der Waals surface area (Å²) in [6, 6.07) is 11.1. The number of ketones is 1. The zero-order valence-electron chi connectivity index (χ0n) is 22.6. The molecule has 1 aromatic heterocycles.